The largest absolute Gasteiger partial charge is 0.390 e. The third-order valence-electron chi connectivity index (χ3n) is 2.69. The first-order valence-corrected chi connectivity index (χ1v) is 6.34. The third kappa shape index (κ3) is 4.88. The van der Waals surface area contributed by atoms with Crippen LogP contribution in [0, 0.1) is 0 Å². The first-order chi connectivity index (χ1) is 8.48. The van der Waals surface area contributed by atoms with Crippen molar-refractivity contribution >= 4 is 11.6 Å². The van der Waals surface area contributed by atoms with Crippen LogP contribution in [0.15, 0.2) is 24.3 Å². The Morgan fingerprint density at radius 1 is 1.33 bits per heavy atom. The zero-order valence-corrected chi connectivity index (χ0v) is 11.1. The van der Waals surface area contributed by atoms with Crippen LogP contribution in [0.25, 0.3) is 0 Å². The van der Waals surface area contributed by atoms with Crippen molar-refractivity contribution < 1.29 is 13.9 Å². The van der Waals surface area contributed by atoms with E-state index in [-0.39, 0.29) is 6.04 Å². The molecule has 0 bridgehead atoms. The fourth-order valence-corrected chi connectivity index (χ4v) is 1.82. The van der Waals surface area contributed by atoms with E-state index in [1.807, 2.05) is 19.1 Å². The smallest absolute Gasteiger partial charge is 0.282 e. The Labute approximate surface area is 111 Å². The van der Waals surface area contributed by atoms with E-state index < -0.39 is 19.1 Å². The van der Waals surface area contributed by atoms with Gasteiger partial charge in [-0.2, -0.15) is 0 Å². The van der Waals surface area contributed by atoms with Crippen molar-refractivity contribution in [2.45, 2.75) is 31.7 Å². The maximum absolute atomic E-state index is 13.0. The fourth-order valence-electron chi connectivity index (χ4n) is 1.70. The van der Waals surface area contributed by atoms with E-state index in [0.717, 1.165) is 18.4 Å². The minimum atomic E-state index is -3.08. The number of benzene rings is 1. The van der Waals surface area contributed by atoms with Gasteiger partial charge in [-0.1, -0.05) is 37.1 Å². The molecular formula is C13H18ClF2NO. The van der Waals surface area contributed by atoms with Gasteiger partial charge in [0.05, 0.1) is 6.54 Å². The average molecular weight is 278 g/mol. The van der Waals surface area contributed by atoms with E-state index in [4.69, 9.17) is 16.7 Å². The molecule has 0 fully saturated rings. The van der Waals surface area contributed by atoms with Gasteiger partial charge in [-0.15, -0.1) is 0 Å². The van der Waals surface area contributed by atoms with Gasteiger partial charge in [-0.3, -0.25) is 0 Å². The summed E-state index contributed by atoms with van der Waals surface area (Å²) in [4.78, 5) is 0. The molecule has 2 nitrogen and oxygen atoms in total. The monoisotopic (exact) mass is 277 g/mol. The Bertz CT molecular complexity index is 357. The Morgan fingerprint density at radius 3 is 2.44 bits per heavy atom. The van der Waals surface area contributed by atoms with E-state index in [1.54, 1.807) is 12.1 Å². The molecule has 0 heterocycles. The molecular weight excluding hydrogens is 260 g/mol. The predicted octanol–water partition coefficient (Wildman–Crippen LogP) is 3.40. The summed E-state index contributed by atoms with van der Waals surface area (Å²) in [5, 5.41) is 12.0. The number of nitrogens with one attached hydrogen (secondary N) is 1. The molecule has 1 aromatic carbocycles. The van der Waals surface area contributed by atoms with Crippen molar-refractivity contribution in [3.63, 3.8) is 0 Å². The minimum absolute atomic E-state index is 0.148. The molecule has 2 N–H and O–H groups in total. The maximum Gasteiger partial charge on any atom is 0.282 e. The van der Waals surface area contributed by atoms with Gasteiger partial charge in [0.25, 0.3) is 5.92 Å². The van der Waals surface area contributed by atoms with Gasteiger partial charge in [0.15, 0.2) is 0 Å². The quantitative estimate of drug-likeness (QED) is 0.801. The second-order valence-electron chi connectivity index (χ2n) is 4.29. The SMILES string of the molecule is CCCC(NCC(F)(F)CO)c1ccc(Cl)cc1. The molecule has 18 heavy (non-hydrogen) atoms. The maximum atomic E-state index is 13.0. The molecule has 1 rings (SSSR count). The molecule has 1 atom stereocenters. The van der Waals surface area contributed by atoms with Gasteiger partial charge < -0.3 is 10.4 Å². The molecule has 0 radical (unpaired) electrons. The molecule has 0 spiro atoms. The van der Waals surface area contributed by atoms with Gasteiger partial charge in [0.1, 0.15) is 6.61 Å². The Hall–Kier alpha value is -0.710. The van der Waals surface area contributed by atoms with E-state index in [0.29, 0.717) is 5.02 Å². The first kappa shape index (κ1) is 15.3. The van der Waals surface area contributed by atoms with Crippen LogP contribution in [0.4, 0.5) is 8.78 Å². The summed E-state index contributed by atoms with van der Waals surface area (Å²) in [7, 11) is 0. The zero-order chi connectivity index (χ0) is 13.6. The molecule has 0 aliphatic heterocycles. The lowest BCUT2D eigenvalue weighted by molar-refractivity contribution is -0.0495. The zero-order valence-electron chi connectivity index (χ0n) is 10.3. The second-order valence-corrected chi connectivity index (χ2v) is 4.72. The number of aliphatic hydroxyl groups is 1. The molecule has 0 aromatic heterocycles. The van der Waals surface area contributed by atoms with Gasteiger partial charge >= 0.3 is 0 Å². The molecule has 0 saturated heterocycles. The number of hydrogen-bond donors (Lipinski definition) is 2. The molecule has 1 unspecified atom stereocenters. The van der Waals surface area contributed by atoms with E-state index in [1.165, 1.54) is 0 Å². The Kier molecular flexibility index (Phi) is 5.99. The van der Waals surface area contributed by atoms with Crippen molar-refractivity contribution in [3.05, 3.63) is 34.9 Å². The molecule has 102 valence electrons. The van der Waals surface area contributed by atoms with Gasteiger partial charge in [0.2, 0.25) is 0 Å². The summed E-state index contributed by atoms with van der Waals surface area (Å²) in [5.41, 5.74) is 0.926. The number of rotatable bonds is 7. The highest BCUT2D eigenvalue weighted by molar-refractivity contribution is 6.30. The third-order valence-corrected chi connectivity index (χ3v) is 2.94. The lowest BCUT2D eigenvalue weighted by atomic mass is 10.0. The van der Waals surface area contributed by atoms with E-state index in [9.17, 15) is 8.78 Å². The summed E-state index contributed by atoms with van der Waals surface area (Å²) in [5.74, 6) is -3.08. The highest BCUT2D eigenvalue weighted by Gasteiger charge is 2.28. The van der Waals surface area contributed by atoms with E-state index in [2.05, 4.69) is 5.32 Å². The Balaban J connectivity index is 2.68. The summed E-state index contributed by atoms with van der Waals surface area (Å²) in [6, 6.07) is 6.99. The van der Waals surface area contributed by atoms with Crippen LogP contribution in [0.1, 0.15) is 31.4 Å². The summed E-state index contributed by atoms with van der Waals surface area (Å²) >= 11 is 5.79. The normalized spacial score (nSPS) is 13.6. The van der Waals surface area contributed by atoms with Crippen molar-refractivity contribution in [2.24, 2.45) is 0 Å². The lowest BCUT2D eigenvalue weighted by Gasteiger charge is -2.22. The summed E-state index contributed by atoms with van der Waals surface area (Å²) in [6.45, 7) is 0.324. The van der Waals surface area contributed by atoms with E-state index >= 15 is 0 Å². The molecule has 1 aromatic rings. The molecule has 5 heteroatoms. The number of aliphatic hydroxyl groups excluding tert-OH is 1. The minimum Gasteiger partial charge on any atom is -0.390 e. The van der Waals surface area contributed by atoms with Crippen LogP contribution in [-0.4, -0.2) is 24.2 Å². The Morgan fingerprint density at radius 2 is 1.94 bits per heavy atom. The van der Waals surface area contributed by atoms with Crippen LogP contribution in [-0.2, 0) is 0 Å². The standard InChI is InChI=1S/C13H18ClF2NO/c1-2-3-12(17-8-13(15,16)9-18)10-4-6-11(14)7-5-10/h4-7,12,17-18H,2-3,8-9H2,1H3. The lowest BCUT2D eigenvalue weighted by Crippen LogP contribution is -2.37. The molecule has 0 aliphatic carbocycles. The summed E-state index contributed by atoms with van der Waals surface area (Å²) < 4.78 is 26.0. The number of alkyl halides is 2. The van der Waals surface area contributed by atoms with Crippen LogP contribution in [0.2, 0.25) is 5.02 Å². The topological polar surface area (TPSA) is 32.3 Å². The van der Waals surface area contributed by atoms with Crippen molar-refractivity contribution in [1.82, 2.24) is 5.32 Å². The predicted molar refractivity (Wildman–Crippen MR) is 69.1 cm³/mol. The van der Waals surface area contributed by atoms with Gasteiger partial charge in [-0.25, -0.2) is 8.78 Å². The number of hydrogen-bond acceptors (Lipinski definition) is 2. The van der Waals surface area contributed by atoms with Crippen LogP contribution in [0.3, 0.4) is 0 Å². The van der Waals surface area contributed by atoms with Crippen molar-refractivity contribution in [3.8, 4) is 0 Å². The highest BCUT2D eigenvalue weighted by Crippen LogP contribution is 2.22. The number of halogens is 3. The van der Waals surface area contributed by atoms with Crippen molar-refractivity contribution in [1.29, 1.82) is 0 Å². The average Bonchev–Trinajstić information content (AvgIpc) is 2.36. The molecule has 0 saturated carbocycles. The highest BCUT2D eigenvalue weighted by atomic mass is 35.5. The van der Waals surface area contributed by atoms with Gasteiger partial charge in [0, 0.05) is 11.1 Å². The van der Waals surface area contributed by atoms with Crippen LogP contribution in [0.5, 0.6) is 0 Å². The first-order valence-electron chi connectivity index (χ1n) is 5.96. The van der Waals surface area contributed by atoms with Crippen LogP contribution >= 0.6 is 11.6 Å². The molecule has 0 aliphatic rings. The summed E-state index contributed by atoms with van der Waals surface area (Å²) in [6.07, 6.45) is 1.63. The fraction of sp³-hybridized carbons (Fsp3) is 0.538. The van der Waals surface area contributed by atoms with Crippen molar-refractivity contribution in [2.75, 3.05) is 13.2 Å². The van der Waals surface area contributed by atoms with Crippen LogP contribution < -0.4 is 5.32 Å². The molecule has 0 amide bonds. The van der Waals surface area contributed by atoms with Gasteiger partial charge in [-0.05, 0) is 24.1 Å². The second kappa shape index (κ2) is 7.02.